The van der Waals surface area contributed by atoms with Crippen LogP contribution in [0.4, 0.5) is 0 Å². The number of ketones is 1. The Labute approximate surface area is 176 Å². The molecule has 1 fully saturated rings. The van der Waals surface area contributed by atoms with Crippen molar-refractivity contribution in [2.75, 3.05) is 20.3 Å². The highest BCUT2D eigenvalue weighted by atomic mass is 16.5. The Bertz CT molecular complexity index is 908. The lowest BCUT2D eigenvalue weighted by molar-refractivity contribution is -0.143. The van der Waals surface area contributed by atoms with E-state index in [2.05, 4.69) is 10.3 Å². The van der Waals surface area contributed by atoms with Crippen LogP contribution in [0.15, 0.2) is 43.0 Å². The minimum atomic E-state index is -1.01. The number of hydrogen-bond donors (Lipinski definition) is 1. The standard InChI is InChI=1S/C22H28N4O4/c1-15(2)11-18(21(29)25(4)22(3)13-30-12-19(22)27)24-20(28)16-5-7-17(8-6-16)26-10-9-23-14-26/h5-10,14-15,18H,11-13H2,1-4H3,(H,24,28). The van der Waals surface area contributed by atoms with Crippen LogP contribution in [0.1, 0.15) is 37.6 Å². The molecule has 0 bridgehead atoms. The van der Waals surface area contributed by atoms with Gasteiger partial charge < -0.3 is 19.5 Å². The smallest absolute Gasteiger partial charge is 0.251 e. The lowest BCUT2D eigenvalue weighted by atomic mass is 9.95. The van der Waals surface area contributed by atoms with Crippen molar-refractivity contribution in [3.63, 3.8) is 0 Å². The van der Waals surface area contributed by atoms with E-state index in [1.165, 1.54) is 4.90 Å². The van der Waals surface area contributed by atoms with Crippen LogP contribution in [0.3, 0.4) is 0 Å². The van der Waals surface area contributed by atoms with Crippen LogP contribution in [0.2, 0.25) is 0 Å². The Morgan fingerprint density at radius 1 is 1.30 bits per heavy atom. The molecule has 2 amide bonds. The molecule has 2 atom stereocenters. The van der Waals surface area contributed by atoms with E-state index in [1.54, 1.807) is 38.6 Å². The Morgan fingerprint density at radius 3 is 2.53 bits per heavy atom. The fraction of sp³-hybridized carbons (Fsp3) is 0.455. The summed E-state index contributed by atoms with van der Waals surface area (Å²) >= 11 is 0. The van der Waals surface area contributed by atoms with E-state index in [0.717, 1.165) is 5.69 Å². The number of nitrogens with one attached hydrogen (secondary N) is 1. The topological polar surface area (TPSA) is 93.5 Å². The average molecular weight is 412 g/mol. The predicted molar refractivity (Wildman–Crippen MR) is 111 cm³/mol. The molecular formula is C22H28N4O4. The number of rotatable bonds is 7. The molecule has 0 spiro atoms. The summed E-state index contributed by atoms with van der Waals surface area (Å²) in [6.07, 6.45) is 5.64. The van der Waals surface area contributed by atoms with Crippen molar-refractivity contribution in [2.24, 2.45) is 5.92 Å². The van der Waals surface area contributed by atoms with Gasteiger partial charge in [0.25, 0.3) is 5.91 Å². The van der Waals surface area contributed by atoms with E-state index < -0.39 is 11.6 Å². The summed E-state index contributed by atoms with van der Waals surface area (Å²) in [5.74, 6) is -0.588. The number of aromatic nitrogens is 2. The highest BCUT2D eigenvalue weighted by Crippen LogP contribution is 2.23. The first-order chi connectivity index (χ1) is 14.2. The number of ether oxygens (including phenoxy) is 1. The first-order valence-electron chi connectivity index (χ1n) is 10.0. The number of carbonyl (C=O) groups is 3. The van der Waals surface area contributed by atoms with Gasteiger partial charge in [0.1, 0.15) is 18.2 Å². The molecule has 0 saturated carbocycles. The van der Waals surface area contributed by atoms with Crippen molar-refractivity contribution in [2.45, 2.75) is 38.8 Å². The number of nitrogens with zero attached hydrogens (tertiary/aromatic N) is 3. The van der Waals surface area contributed by atoms with Gasteiger partial charge >= 0.3 is 0 Å². The van der Waals surface area contributed by atoms with Gasteiger partial charge in [-0.3, -0.25) is 14.4 Å². The molecule has 0 aliphatic carbocycles. The number of amides is 2. The Kier molecular flexibility index (Phi) is 6.36. The van der Waals surface area contributed by atoms with E-state index in [4.69, 9.17) is 4.74 Å². The van der Waals surface area contributed by atoms with Crippen molar-refractivity contribution in [3.05, 3.63) is 48.5 Å². The molecule has 1 aliphatic rings. The van der Waals surface area contributed by atoms with E-state index in [1.807, 2.05) is 36.7 Å². The van der Waals surface area contributed by atoms with Crippen molar-refractivity contribution < 1.29 is 19.1 Å². The van der Waals surface area contributed by atoms with Crippen molar-refractivity contribution in [3.8, 4) is 5.69 Å². The van der Waals surface area contributed by atoms with Crippen LogP contribution in [0.25, 0.3) is 5.69 Å². The molecule has 2 heterocycles. The monoisotopic (exact) mass is 412 g/mol. The van der Waals surface area contributed by atoms with Crippen LogP contribution in [-0.2, 0) is 14.3 Å². The Morgan fingerprint density at radius 2 is 2.00 bits per heavy atom. The zero-order valence-electron chi connectivity index (χ0n) is 17.8. The second kappa shape index (κ2) is 8.79. The van der Waals surface area contributed by atoms with E-state index in [-0.39, 0.29) is 36.7 Å². The fourth-order valence-electron chi connectivity index (χ4n) is 3.47. The van der Waals surface area contributed by atoms with Gasteiger partial charge in [-0.25, -0.2) is 4.98 Å². The Balaban J connectivity index is 1.74. The van der Waals surface area contributed by atoms with Crippen LogP contribution in [-0.4, -0.2) is 63.9 Å². The second-order valence-electron chi connectivity index (χ2n) is 8.26. The summed E-state index contributed by atoms with van der Waals surface area (Å²) < 4.78 is 7.10. The molecule has 1 aromatic carbocycles. The van der Waals surface area contributed by atoms with Gasteiger partial charge in [-0.2, -0.15) is 0 Å². The molecule has 160 valence electrons. The minimum absolute atomic E-state index is 0.00140. The maximum Gasteiger partial charge on any atom is 0.251 e. The summed E-state index contributed by atoms with van der Waals surface area (Å²) in [6, 6.07) is 6.32. The zero-order chi connectivity index (χ0) is 21.9. The number of carbonyl (C=O) groups excluding carboxylic acids is 3. The largest absolute Gasteiger partial charge is 0.371 e. The second-order valence-corrected chi connectivity index (χ2v) is 8.26. The Hall–Kier alpha value is -3.00. The number of hydrogen-bond acceptors (Lipinski definition) is 5. The SMILES string of the molecule is CC(C)CC(NC(=O)c1ccc(-n2ccnc2)cc1)C(=O)N(C)C1(C)COCC1=O. The van der Waals surface area contributed by atoms with E-state index in [0.29, 0.717) is 12.0 Å². The molecule has 3 rings (SSSR count). The first-order valence-corrected chi connectivity index (χ1v) is 10.0. The molecule has 2 unspecified atom stereocenters. The number of Topliss-reactive ketones (excluding diaryl/α,β-unsaturated/α-hetero) is 1. The van der Waals surface area contributed by atoms with Crippen LogP contribution >= 0.6 is 0 Å². The predicted octanol–water partition coefficient (Wildman–Crippen LogP) is 1.83. The summed E-state index contributed by atoms with van der Waals surface area (Å²) in [4.78, 5) is 43.7. The summed E-state index contributed by atoms with van der Waals surface area (Å²) in [6.45, 7) is 5.82. The molecule has 1 saturated heterocycles. The summed E-state index contributed by atoms with van der Waals surface area (Å²) in [5, 5.41) is 2.85. The highest BCUT2D eigenvalue weighted by molar-refractivity contribution is 6.00. The quantitative estimate of drug-likeness (QED) is 0.749. The van der Waals surface area contributed by atoms with Gasteiger partial charge in [0.15, 0.2) is 5.78 Å². The third kappa shape index (κ3) is 4.43. The third-order valence-electron chi connectivity index (χ3n) is 5.53. The average Bonchev–Trinajstić information content (AvgIpc) is 3.37. The fourth-order valence-corrected chi connectivity index (χ4v) is 3.47. The van der Waals surface area contributed by atoms with Gasteiger partial charge in [-0.05, 0) is 43.5 Å². The lowest BCUT2D eigenvalue weighted by Gasteiger charge is -2.35. The maximum absolute atomic E-state index is 13.2. The van der Waals surface area contributed by atoms with Crippen molar-refractivity contribution >= 4 is 17.6 Å². The molecule has 2 aromatic rings. The van der Waals surface area contributed by atoms with Crippen LogP contribution in [0.5, 0.6) is 0 Å². The minimum Gasteiger partial charge on any atom is -0.371 e. The molecular weight excluding hydrogens is 384 g/mol. The lowest BCUT2D eigenvalue weighted by Crippen LogP contribution is -2.58. The molecule has 8 nitrogen and oxygen atoms in total. The molecule has 8 heteroatoms. The van der Waals surface area contributed by atoms with Crippen molar-refractivity contribution in [1.29, 1.82) is 0 Å². The van der Waals surface area contributed by atoms with E-state index >= 15 is 0 Å². The number of imidazole rings is 1. The first kappa shape index (κ1) is 21.7. The molecule has 1 aliphatic heterocycles. The van der Waals surface area contributed by atoms with Crippen molar-refractivity contribution in [1.82, 2.24) is 19.8 Å². The molecule has 0 radical (unpaired) electrons. The normalized spacial score (nSPS) is 19.7. The van der Waals surface area contributed by atoms with Gasteiger partial charge in [0, 0.05) is 30.7 Å². The maximum atomic E-state index is 13.2. The summed E-state index contributed by atoms with van der Waals surface area (Å²) in [7, 11) is 1.59. The van der Waals surface area contributed by atoms with Gasteiger partial charge in [-0.15, -0.1) is 0 Å². The molecule has 30 heavy (non-hydrogen) atoms. The highest BCUT2D eigenvalue weighted by Gasteiger charge is 2.45. The molecule has 1 aromatic heterocycles. The molecule has 1 N–H and O–H groups in total. The third-order valence-corrected chi connectivity index (χ3v) is 5.53. The number of benzene rings is 1. The van der Waals surface area contributed by atoms with Gasteiger partial charge in [0.05, 0.1) is 12.9 Å². The summed E-state index contributed by atoms with van der Waals surface area (Å²) in [5.41, 5.74) is 0.324. The number of likely N-dealkylation sites (N-methyl/N-ethyl adjacent to an activating group) is 1. The van der Waals surface area contributed by atoms with Crippen LogP contribution < -0.4 is 5.32 Å². The van der Waals surface area contributed by atoms with Gasteiger partial charge in [0.2, 0.25) is 5.91 Å². The van der Waals surface area contributed by atoms with Crippen LogP contribution in [0, 0.1) is 5.92 Å². The zero-order valence-corrected chi connectivity index (χ0v) is 17.8. The van der Waals surface area contributed by atoms with E-state index in [9.17, 15) is 14.4 Å². The van der Waals surface area contributed by atoms with Gasteiger partial charge in [-0.1, -0.05) is 13.8 Å².